The fourth-order valence-electron chi connectivity index (χ4n) is 2.88. The number of amides is 1. The van der Waals surface area contributed by atoms with E-state index in [2.05, 4.69) is 16.2 Å². The van der Waals surface area contributed by atoms with Gasteiger partial charge in [-0.1, -0.05) is 36.3 Å². The third kappa shape index (κ3) is 7.03. The van der Waals surface area contributed by atoms with Gasteiger partial charge in [0.25, 0.3) is 0 Å². The van der Waals surface area contributed by atoms with Gasteiger partial charge in [0.05, 0.1) is 18.1 Å². The predicted molar refractivity (Wildman–Crippen MR) is 119 cm³/mol. The Bertz CT molecular complexity index is 1000. The molecular weight excluding hydrogens is 397 g/mol. The molecule has 0 atom stereocenters. The Balaban J connectivity index is 1.56. The van der Waals surface area contributed by atoms with Gasteiger partial charge in [0, 0.05) is 24.2 Å². The second-order valence-electron chi connectivity index (χ2n) is 6.68. The van der Waals surface area contributed by atoms with E-state index in [1.807, 2.05) is 47.4 Å². The molecule has 1 aromatic heterocycles. The van der Waals surface area contributed by atoms with E-state index in [4.69, 9.17) is 6.42 Å². The van der Waals surface area contributed by atoms with Gasteiger partial charge in [-0.15, -0.1) is 18.2 Å². The number of anilines is 1. The fourth-order valence-corrected chi connectivity index (χ4v) is 3.68. The van der Waals surface area contributed by atoms with Crippen molar-refractivity contribution in [1.29, 1.82) is 0 Å². The Kier molecular flexibility index (Phi) is 8.02. The van der Waals surface area contributed by atoms with E-state index >= 15 is 0 Å². The lowest BCUT2D eigenvalue weighted by Crippen LogP contribution is -2.33. The molecule has 1 amide bonds. The second kappa shape index (κ2) is 11.1. The van der Waals surface area contributed by atoms with E-state index in [9.17, 15) is 9.18 Å². The number of hydrogen-bond donors (Lipinski definition) is 1. The van der Waals surface area contributed by atoms with Gasteiger partial charge in [0.1, 0.15) is 5.82 Å². The van der Waals surface area contributed by atoms with Crippen molar-refractivity contribution in [3.8, 4) is 12.3 Å². The molecule has 0 bridgehead atoms. The number of nitrogens with one attached hydrogen (secondary N) is 1. The van der Waals surface area contributed by atoms with Gasteiger partial charge < -0.3 is 5.32 Å². The zero-order valence-corrected chi connectivity index (χ0v) is 17.2. The van der Waals surface area contributed by atoms with Crippen LogP contribution >= 0.6 is 11.8 Å². The Hall–Kier alpha value is -3.14. The van der Waals surface area contributed by atoms with E-state index in [0.717, 1.165) is 27.6 Å². The van der Waals surface area contributed by atoms with Gasteiger partial charge in [-0.05, 0) is 47.5 Å². The van der Waals surface area contributed by atoms with Crippen molar-refractivity contribution < 1.29 is 9.18 Å². The maximum absolute atomic E-state index is 13.1. The molecule has 1 heterocycles. The smallest absolute Gasteiger partial charge is 0.238 e. The molecule has 0 aliphatic carbocycles. The molecule has 30 heavy (non-hydrogen) atoms. The Labute approximate surface area is 180 Å². The molecule has 0 aliphatic rings. The minimum absolute atomic E-state index is 0.147. The van der Waals surface area contributed by atoms with E-state index in [1.165, 1.54) is 12.1 Å². The molecule has 0 aliphatic heterocycles. The third-order valence-corrected chi connectivity index (χ3v) is 5.25. The molecule has 0 saturated heterocycles. The first-order valence-electron chi connectivity index (χ1n) is 9.45. The topological polar surface area (TPSA) is 45.2 Å². The Morgan fingerprint density at radius 1 is 1.10 bits per heavy atom. The van der Waals surface area contributed by atoms with Gasteiger partial charge in [-0.2, -0.15) is 0 Å². The number of nitrogens with zero attached hydrogens (tertiary/aromatic N) is 2. The highest BCUT2D eigenvalue weighted by Gasteiger charge is 2.11. The van der Waals surface area contributed by atoms with Crippen molar-refractivity contribution in [2.75, 3.05) is 18.4 Å². The van der Waals surface area contributed by atoms with Gasteiger partial charge in [-0.3, -0.25) is 9.69 Å². The lowest BCUT2D eigenvalue weighted by molar-refractivity contribution is -0.117. The number of rotatable bonds is 9. The molecule has 0 fully saturated rings. The van der Waals surface area contributed by atoms with Crippen molar-refractivity contribution in [3.05, 3.63) is 89.9 Å². The molecule has 0 unspecified atom stereocenters. The number of hydrogen-bond acceptors (Lipinski definition) is 4. The van der Waals surface area contributed by atoms with E-state index in [-0.39, 0.29) is 18.3 Å². The maximum atomic E-state index is 13.1. The molecule has 3 rings (SSSR count). The summed E-state index contributed by atoms with van der Waals surface area (Å²) in [7, 11) is 0. The van der Waals surface area contributed by atoms with Crippen LogP contribution in [-0.2, 0) is 17.1 Å². The summed E-state index contributed by atoms with van der Waals surface area (Å²) in [6.45, 7) is 0.943. The standard InChI is InChI=1S/C24H22FN3OS/c1-2-14-28(16-19-9-11-21(25)12-10-19)17-23(29)27-22-7-5-6-20(15-22)18-30-24-8-3-4-13-26-24/h1,3-13,15H,14,16-18H2,(H,27,29). The maximum Gasteiger partial charge on any atom is 0.238 e. The molecule has 2 aromatic carbocycles. The molecule has 152 valence electrons. The predicted octanol–water partition coefficient (Wildman–Crippen LogP) is 4.59. The molecule has 0 saturated carbocycles. The van der Waals surface area contributed by atoms with Gasteiger partial charge in [0.2, 0.25) is 5.91 Å². The van der Waals surface area contributed by atoms with Crippen LogP contribution in [0.15, 0.2) is 78.0 Å². The highest BCUT2D eigenvalue weighted by Crippen LogP contribution is 2.22. The summed E-state index contributed by atoms with van der Waals surface area (Å²) in [6, 6.07) is 19.8. The third-order valence-electron chi connectivity index (χ3n) is 4.24. The number of terminal acetylenes is 1. The van der Waals surface area contributed by atoms with E-state index in [1.54, 1.807) is 30.1 Å². The van der Waals surface area contributed by atoms with Crippen LogP contribution in [0.5, 0.6) is 0 Å². The van der Waals surface area contributed by atoms with Gasteiger partial charge >= 0.3 is 0 Å². The summed E-state index contributed by atoms with van der Waals surface area (Å²) in [4.78, 5) is 18.7. The molecule has 6 heteroatoms. The van der Waals surface area contributed by atoms with Crippen molar-refractivity contribution >= 4 is 23.4 Å². The van der Waals surface area contributed by atoms with Crippen LogP contribution in [0.2, 0.25) is 0 Å². The van der Waals surface area contributed by atoms with Crippen molar-refractivity contribution in [1.82, 2.24) is 9.88 Å². The largest absolute Gasteiger partial charge is 0.325 e. The highest BCUT2D eigenvalue weighted by molar-refractivity contribution is 7.98. The van der Waals surface area contributed by atoms with Crippen LogP contribution in [0.1, 0.15) is 11.1 Å². The minimum Gasteiger partial charge on any atom is -0.325 e. The number of aromatic nitrogens is 1. The number of benzene rings is 2. The Morgan fingerprint density at radius 3 is 2.67 bits per heavy atom. The van der Waals surface area contributed by atoms with Crippen molar-refractivity contribution in [2.45, 2.75) is 17.3 Å². The van der Waals surface area contributed by atoms with Crippen LogP contribution in [0.3, 0.4) is 0 Å². The molecule has 0 spiro atoms. The first kappa shape index (κ1) is 21.6. The summed E-state index contributed by atoms with van der Waals surface area (Å²) in [5, 5.41) is 3.89. The van der Waals surface area contributed by atoms with Crippen molar-refractivity contribution in [3.63, 3.8) is 0 Å². The lowest BCUT2D eigenvalue weighted by Gasteiger charge is -2.19. The highest BCUT2D eigenvalue weighted by atomic mass is 32.2. The average molecular weight is 420 g/mol. The summed E-state index contributed by atoms with van der Waals surface area (Å²) in [6.07, 6.45) is 7.22. The number of pyridine rings is 1. The normalized spacial score (nSPS) is 10.6. The Morgan fingerprint density at radius 2 is 1.93 bits per heavy atom. The number of halogens is 1. The molecule has 3 aromatic rings. The molecule has 1 N–H and O–H groups in total. The van der Waals surface area contributed by atoms with Crippen LogP contribution in [0.4, 0.5) is 10.1 Å². The number of thioether (sulfide) groups is 1. The quantitative estimate of drug-likeness (QED) is 0.407. The van der Waals surface area contributed by atoms with Crippen LogP contribution in [0, 0.1) is 18.2 Å². The summed E-state index contributed by atoms with van der Waals surface area (Å²) in [5.41, 5.74) is 2.73. The first-order chi connectivity index (χ1) is 14.6. The first-order valence-corrected chi connectivity index (χ1v) is 10.4. The number of carbonyl (C=O) groups excluding carboxylic acids is 1. The SMILES string of the molecule is C#CCN(CC(=O)Nc1cccc(CSc2ccccn2)c1)Cc1ccc(F)cc1. The summed E-state index contributed by atoms with van der Waals surface area (Å²) >= 11 is 1.64. The number of carbonyl (C=O) groups is 1. The minimum atomic E-state index is -0.291. The molecule has 4 nitrogen and oxygen atoms in total. The molecular formula is C24H22FN3OS. The van der Waals surface area contributed by atoms with E-state index < -0.39 is 0 Å². The van der Waals surface area contributed by atoms with Gasteiger partial charge in [-0.25, -0.2) is 9.37 Å². The fraction of sp³-hybridized carbons (Fsp3) is 0.167. The zero-order chi connectivity index (χ0) is 21.2. The lowest BCUT2D eigenvalue weighted by atomic mass is 10.2. The zero-order valence-electron chi connectivity index (χ0n) is 16.4. The van der Waals surface area contributed by atoms with Crippen LogP contribution in [-0.4, -0.2) is 28.9 Å². The second-order valence-corrected chi connectivity index (χ2v) is 7.68. The summed E-state index contributed by atoms with van der Waals surface area (Å²) < 4.78 is 13.1. The molecule has 0 radical (unpaired) electrons. The summed E-state index contributed by atoms with van der Waals surface area (Å²) in [5.74, 6) is 2.89. The monoisotopic (exact) mass is 419 g/mol. The van der Waals surface area contributed by atoms with Crippen LogP contribution < -0.4 is 5.32 Å². The average Bonchev–Trinajstić information content (AvgIpc) is 2.75. The van der Waals surface area contributed by atoms with E-state index in [0.29, 0.717) is 13.1 Å². The van der Waals surface area contributed by atoms with Gasteiger partial charge in [0.15, 0.2) is 0 Å². The van der Waals surface area contributed by atoms with Crippen LogP contribution in [0.25, 0.3) is 0 Å². The van der Waals surface area contributed by atoms with Crippen molar-refractivity contribution in [2.24, 2.45) is 0 Å².